The number of aryl methyl sites for hydroxylation is 1. The van der Waals surface area contributed by atoms with E-state index in [1.807, 2.05) is 6.07 Å². The minimum atomic E-state index is -0.447. The van der Waals surface area contributed by atoms with Gasteiger partial charge in [-0.25, -0.2) is 0 Å². The Morgan fingerprint density at radius 1 is 1.17 bits per heavy atom. The second-order valence-electron chi connectivity index (χ2n) is 5.16. The lowest BCUT2D eigenvalue weighted by molar-refractivity contribution is 0.208. The van der Waals surface area contributed by atoms with Gasteiger partial charge in [-0.15, -0.1) is 0 Å². The van der Waals surface area contributed by atoms with E-state index in [2.05, 4.69) is 41.1 Å². The van der Waals surface area contributed by atoms with Crippen LogP contribution in [0.1, 0.15) is 55.8 Å². The van der Waals surface area contributed by atoms with Crippen molar-refractivity contribution in [1.82, 2.24) is 0 Å². The molecule has 1 aromatic rings. The van der Waals surface area contributed by atoms with E-state index >= 15 is 0 Å². The summed E-state index contributed by atoms with van der Waals surface area (Å²) < 4.78 is 1.00. The maximum atomic E-state index is 10.6. The van der Waals surface area contributed by atoms with Crippen molar-refractivity contribution < 1.29 is 5.11 Å². The lowest BCUT2D eigenvalue weighted by Gasteiger charge is -2.19. The molecule has 1 nitrogen and oxygen atoms in total. The van der Waals surface area contributed by atoms with Gasteiger partial charge in [-0.05, 0) is 49.8 Å². The molecule has 0 saturated heterocycles. The Kier molecular flexibility index (Phi) is 5.02. The molecule has 1 unspecified atom stereocenters. The molecule has 0 saturated carbocycles. The van der Waals surface area contributed by atoms with Crippen molar-refractivity contribution in [3.05, 3.63) is 45.4 Å². The van der Waals surface area contributed by atoms with E-state index in [-0.39, 0.29) is 0 Å². The number of aliphatic hydroxyl groups is 1. The predicted octanol–water partition coefficient (Wildman–Crippen LogP) is 5.07. The molecule has 2 rings (SSSR count). The molecule has 1 N–H and O–H groups in total. The van der Waals surface area contributed by atoms with Gasteiger partial charge in [0.2, 0.25) is 0 Å². The van der Waals surface area contributed by atoms with Crippen LogP contribution >= 0.6 is 15.9 Å². The van der Waals surface area contributed by atoms with Crippen LogP contribution in [-0.4, -0.2) is 5.11 Å². The Labute approximate surface area is 118 Å². The zero-order valence-corrected chi connectivity index (χ0v) is 12.5. The standard InChI is InChI=1S/C16H21BrO/c1-12-9-10-15(17)14(11-12)16(18)13-7-5-3-2-4-6-8-13/h7,9-11,16,18H,2-6,8H2,1H3/b13-7+. The maximum absolute atomic E-state index is 10.6. The molecule has 2 heteroatoms. The fourth-order valence-electron chi connectivity index (χ4n) is 2.54. The summed E-state index contributed by atoms with van der Waals surface area (Å²) in [5.74, 6) is 0. The minimum absolute atomic E-state index is 0.447. The second-order valence-corrected chi connectivity index (χ2v) is 6.01. The van der Waals surface area contributed by atoms with Gasteiger partial charge in [-0.3, -0.25) is 0 Å². The van der Waals surface area contributed by atoms with Crippen LogP contribution in [0.2, 0.25) is 0 Å². The third-order valence-corrected chi connectivity index (χ3v) is 4.35. The molecule has 0 aliphatic heterocycles. The summed E-state index contributed by atoms with van der Waals surface area (Å²) in [6, 6.07) is 6.17. The first-order valence-electron chi connectivity index (χ1n) is 6.81. The van der Waals surface area contributed by atoms with Gasteiger partial charge in [0.1, 0.15) is 6.10 Å². The van der Waals surface area contributed by atoms with Crippen molar-refractivity contribution in [2.24, 2.45) is 0 Å². The summed E-state index contributed by atoms with van der Waals surface area (Å²) in [5.41, 5.74) is 3.39. The van der Waals surface area contributed by atoms with Gasteiger partial charge in [0.05, 0.1) is 0 Å². The van der Waals surface area contributed by atoms with Gasteiger partial charge in [0, 0.05) is 4.47 Å². The van der Waals surface area contributed by atoms with Crippen molar-refractivity contribution in [1.29, 1.82) is 0 Å². The molecule has 98 valence electrons. The Bertz CT molecular complexity index is 437. The van der Waals surface area contributed by atoms with Crippen LogP contribution in [-0.2, 0) is 0 Å². The first-order chi connectivity index (χ1) is 8.68. The highest BCUT2D eigenvalue weighted by Crippen LogP contribution is 2.33. The largest absolute Gasteiger partial charge is 0.384 e. The van der Waals surface area contributed by atoms with Gasteiger partial charge in [-0.1, -0.05) is 52.5 Å². The van der Waals surface area contributed by atoms with Crippen LogP contribution < -0.4 is 0 Å². The lowest BCUT2D eigenvalue weighted by Crippen LogP contribution is -2.05. The molecule has 0 heterocycles. The normalized spacial score (nSPS) is 21.6. The molecule has 0 fully saturated rings. The average molecular weight is 309 g/mol. The molecule has 1 aromatic carbocycles. The third-order valence-electron chi connectivity index (χ3n) is 3.62. The van der Waals surface area contributed by atoms with Crippen LogP contribution in [0.15, 0.2) is 34.3 Å². The molecule has 0 spiro atoms. The maximum Gasteiger partial charge on any atom is 0.101 e. The smallest absolute Gasteiger partial charge is 0.101 e. The van der Waals surface area contributed by atoms with Crippen molar-refractivity contribution in [2.45, 2.75) is 51.6 Å². The lowest BCUT2D eigenvalue weighted by atomic mass is 9.92. The van der Waals surface area contributed by atoms with Crippen molar-refractivity contribution >= 4 is 15.9 Å². The average Bonchev–Trinajstić information content (AvgIpc) is 2.31. The van der Waals surface area contributed by atoms with Gasteiger partial charge >= 0.3 is 0 Å². The highest BCUT2D eigenvalue weighted by Gasteiger charge is 2.16. The summed E-state index contributed by atoms with van der Waals surface area (Å²) in [6.45, 7) is 2.06. The van der Waals surface area contributed by atoms with Crippen LogP contribution in [0.25, 0.3) is 0 Å². The fourth-order valence-corrected chi connectivity index (χ4v) is 3.00. The van der Waals surface area contributed by atoms with E-state index in [1.54, 1.807) is 0 Å². The monoisotopic (exact) mass is 308 g/mol. The predicted molar refractivity (Wildman–Crippen MR) is 79.6 cm³/mol. The van der Waals surface area contributed by atoms with E-state index in [4.69, 9.17) is 0 Å². The first kappa shape index (κ1) is 13.8. The summed E-state index contributed by atoms with van der Waals surface area (Å²) in [5, 5.41) is 10.6. The second kappa shape index (κ2) is 6.53. The SMILES string of the molecule is Cc1ccc(Br)c(C(O)/C2=C/CCCCCC2)c1. The molecule has 0 bridgehead atoms. The van der Waals surface area contributed by atoms with E-state index in [0.717, 1.165) is 22.9 Å². The van der Waals surface area contributed by atoms with Gasteiger partial charge in [0.15, 0.2) is 0 Å². The Morgan fingerprint density at radius 3 is 2.78 bits per heavy atom. The number of allylic oxidation sites excluding steroid dienone is 1. The zero-order valence-electron chi connectivity index (χ0n) is 11.0. The number of hydrogen-bond acceptors (Lipinski definition) is 1. The van der Waals surface area contributed by atoms with E-state index in [0.29, 0.717) is 0 Å². The third kappa shape index (κ3) is 3.46. The van der Waals surface area contributed by atoms with Crippen LogP contribution in [0.3, 0.4) is 0 Å². The summed E-state index contributed by atoms with van der Waals surface area (Å²) in [4.78, 5) is 0. The molecule has 1 aliphatic carbocycles. The van der Waals surface area contributed by atoms with Crippen LogP contribution in [0.5, 0.6) is 0 Å². The number of aliphatic hydroxyl groups excluding tert-OH is 1. The van der Waals surface area contributed by atoms with Gasteiger partial charge in [-0.2, -0.15) is 0 Å². The number of benzene rings is 1. The van der Waals surface area contributed by atoms with Crippen molar-refractivity contribution in [3.63, 3.8) is 0 Å². The van der Waals surface area contributed by atoms with Crippen LogP contribution in [0.4, 0.5) is 0 Å². The Balaban J connectivity index is 2.23. The van der Waals surface area contributed by atoms with Crippen molar-refractivity contribution in [3.8, 4) is 0 Å². The fraction of sp³-hybridized carbons (Fsp3) is 0.500. The van der Waals surface area contributed by atoms with Gasteiger partial charge < -0.3 is 5.11 Å². The van der Waals surface area contributed by atoms with E-state index in [9.17, 15) is 5.11 Å². The quantitative estimate of drug-likeness (QED) is 0.756. The molecule has 0 radical (unpaired) electrons. The highest BCUT2D eigenvalue weighted by atomic mass is 79.9. The van der Waals surface area contributed by atoms with E-state index < -0.39 is 6.10 Å². The Hall–Kier alpha value is -0.600. The number of hydrogen-bond donors (Lipinski definition) is 1. The summed E-state index contributed by atoms with van der Waals surface area (Å²) in [6.07, 6.45) is 9.01. The molecule has 1 atom stereocenters. The topological polar surface area (TPSA) is 20.2 Å². The van der Waals surface area contributed by atoms with Crippen LogP contribution in [0, 0.1) is 6.92 Å². The van der Waals surface area contributed by atoms with Crippen molar-refractivity contribution in [2.75, 3.05) is 0 Å². The number of halogens is 1. The zero-order chi connectivity index (χ0) is 13.0. The molecule has 18 heavy (non-hydrogen) atoms. The van der Waals surface area contributed by atoms with Gasteiger partial charge in [0.25, 0.3) is 0 Å². The molecule has 1 aliphatic rings. The molecule has 0 amide bonds. The minimum Gasteiger partial charge on any atom is -0.384 e. The first-order valence-corrected chi connectivity index (χ1v) is 7.61. The molecular weight excluding hydrogens is 288 g/mol. The van der Waals surface area contributed by atoms with E-state index in [1.165, 1.54) is 36.8 Å². The Morgan fingerprint density at radius 2 is 1.94 bits per heavy atom. The summed E-state index contributed by atoms with van der Waals surface area (Å²) in [7, 11) is 0. The number of rotatable bonds is 2. The highest BCUT2D eigenvalue weighted by molar-refractivity contribution is 9.10. The molecule has 0 aromatic heterocycles. The molecular formula is C16H21BrO. The summed E-state index contributed by atoms with van der Waals surface area (Å²) >= 11 is 3.55.